The number of nitrogens with zero attached hydrogens (tertiary/aromatic N) is 1. The van der Waals surface area contributed by atoms with Crippen molar-refractivity contribution in [1.82, 2.24) is 10.2 Å². The molecule has 0 aliphatic carbocycles. The lowest BCUT2D eigenvalue weighted by Gasteiger charge is -2.24. The molecule has 0 radical (unpaired) electrons. The van der Waals surface area contributed by atoms with E-state index in [1.807, 2.05) is 18.7 Å². The van der Waals surface area contributed by atoms with Crippen molar-refractivity contribution in [1.29, 1.82) is 0 Å². The fourth-order valence-corrected chi connectivity index (χ4v) is 2.87. The zero-order valence-corrected chi connectivity index (χ0v) is 11.1. The van der Waals surface area contributed by atoms with Gasteiger partial charge in [0.25, 0.3) is 0 Å². The zero-order chi connectivity index (χ0) is 12.7. The average molecular weight is 256 g/mol. The number of carbonyl (C=O) groups is 2. The Bertz CT molecular complexity index is 288. The van der Waals surface area contributed by atoms with Crippen molar-refractivity contribution in [2.45, 2.75) is 25.8 Å². The molecule has 1 saturated heterocycles. The van der Waals surface area contributed by atoms with Gasteiger partial charge in [-0.25, -0.2) is 0 Å². The summed E-state index contributed by atoms with van der Waals surface area (Å²) in [4.78, 5) is 24.6. The van der Waals surface area contributed by atoms with E-state index in [1.54, 1.807) is 0 Å². The van der Waals surface area contributed by atoms with Crippen LogP contribution in [0.3, 0.4) is 0 Å². The molecular formula is C12H20N2O2S. The van der Waals surface area contributed by atoms with Crippen molar-refractivity contribution >= 4 is 23.6 Å². The minimum absolute atomic E-state index is 0.0704. The number of hydrogen-bond donors (Lipinski definition) is 1. The van der Waals surface area contributed by atoms with Crippen molar-refractivity contribution < 1.29 is 9.59 Å². The quantitative estimate of drug-likeness (QED) is 0.748. The van der Waals surface area contributed by atoms with Gasteiger partial charge in [-0.05, 0) is 37.3 Å². The van der Waals surface area contributed by atoms with E-state index in [0.717, 1.165) is 24.3 Å². The highest BCUT2D eigenvalue weighted by Crippen LogP contribution is 2.16. The van der Waals surface area contributed by atoms with Gasteiger partial charge < -0.3 is 10.2 Å². The predicted molar refractivity (Wildman–Crippen MR) is 70.9 cm³/mol. The van der Waals surface area contributed by atoms with E-state index in [1.165, 1.54) is 11.0 Å². The monoisotopic (exact) mass is 256 g/mol. The third-order valence-corrected chi connectivity index (χ3v) is 3.84. The third kappa shape index (κ3) is 4.81. The number of carbonyl (C=O) groups excluding carboxylic acids is 2. The van der Waals surface area contributed by atoms with Gasteiger partial charge >= 0.3 is 0 Å². The number of amides is 2. The Morgan fingerprint density at radius 2 is 2.12 bits per heavy atom. The van der Waals surface area contributed by atoms with Crippen molar-refractivity contribution in [3.8, 4) is 0 Å². The van der Waals surface area contributed by atoms with Gasteiger partial charge in [0, 0.05) is 12.6 Å². The fourth-order valence-electron chi connectivity index (χ4n) is 1.76. The maximum Gasteiger partial charge on any atom is 0.246 e. The molecule has 1 aliphatic rings. The molecule has 4 nitrogen and oxygen atoms in total. The van der Waals surface area contributed by atoms with E-state index in [9.17, 15) is 9.59 Å². The summed E-state index contributed by atoms with van der Waals surface area (Å²) in [5, 5.41) is 2.98. The van der Waals surface area contributed by atoms with Gasteiger partial charge in [-0.2, -0.15) is 11.8 Å². The molecule has 1 rings (SSSR count). The molecule has 0 aromatic heterocycles. The molecular weight excluding hydrogens is 236 g/mol. The molecule has 0 spiro atoms. The average Bonchev–Trinajstić information content (AvgIpc) is 2.36. The predicted octanol–water partition coefficient (Wildman–Crippen LogP) is 1.03. The molecule has 96 valence electrons. The van der Waals surface area contributed by atoms with E-state index in [-0.39, 0.29) is 24.4 Å². The smallest absolute Gasteiger partial charge is 0.246 e. The number of likely N-dealkylation sites (N-methyl/N-ethyl adjacent to an activating group) is 1. The second-order valence-electron chi connectivity index (χ2n) is 4.01. The van der Waals surface area contributed by atoms with Crippen LogP contribution in [0.2, 0.25) is 0 Å². The van der Waals surface area contributed by atoms with Gasteiger partial charge in [0.1, 0.15) is 0 Å². The SMILES string of the molecule is C=CC(=O)N(CC)CC(=O)NC1CCSCC1. The molecule has 1 heterocycles. The van der Waals surface area contributed by atoms with Crippen molar-refractivity contribution in [3.63, 3.8) is 0 Å². The highest BCUT2D eigenvalue weighted by molar-refractivity contribution is 7.99. The first-order valence-electron chi connectivity index (χ1n) is 5.95. The number of thioether (sulfide) groups is 1. The Labute approximate surface area is 107 Å². The van der Waals surface area contributed by atoms with Crippen LogP contribution in [-0.2, 0) is 9.59 Å². The molecule has 0 aromatic carbocycles. The zero-order valence-electron chi connectivity index (χ0n) is 10.3. The van der Waals surface area contributed by atoms with E-state index >= 15 is 0 Å². The van der Waals surface area contributed by atoms with Crippen LogP contribution < -0.4 is 5.32 Å². The Morgan fingerprint density at radius 3 is 2.65 bits per heavy atom. The normalized spacial score (nSPS) is 16.3. The lowest BCUT2D eigenvalue weighted by molar-refractivity contribution is -0.132. The molecule has 0 aromatic rings. The minimum atomic E-state index is -0.193. The minimum Gasteiger partial charge on any atom is -0.352 e. The third-order valence-electron chi connectivity index (χ3n) is 2.79. The van der Waals surface area contributed by atoms with E-state index in [0.29, 0.717) is 6.54 Å². The van der Waals surface area contributed by atoms with Crippen molar-refractivity contribution in [2.24, 2.45) is 0 Å². The molecule has 1 fully saturated rings. The highest BCUT2D eigenvalue weighted by Gasteiger charge is 2.18. The largest absolute Gasteiger partial charge is 0.352 e. The summed E-state index contributed by atoms with van der Waals surface area (Å²) in [5.74, 6) is 1.95. The van der Waals surface area contributed by atoms with Crippen LogP contribution in [0.15, 0.2) is 12.7 Å². The van der Waals surface area contributed by atoms with Crippen LogP contribution in [0.5, 0.6) is 0 Å². The molecule has 1 aliphatic heterocycles. The van der Waals surface area contributed by atoms with Gasteiger partial charge in [-0.15, -0.1) is 0 Å². The van der Waals surface area contributed by atoms with E-state index < -0.39 is 0 Å². The van der Waals surface area contributed by atoms with Gasteiger partial charge in [-0.1, -0.05) is 6.58 Å². The molecule has 1 N–H and O–H groups in total. The van der Waals surface area contributed by atoms with Crippen LogP contribution >= 0.6 is 11.8 Å². The number of rotatable bonds is 5. The summed E-state index contributed by atoms with van der Waals surface area (Å²) in [6.07, 6.45) is 3.30. The lowest BCUT2D eigenvalue weighted by atomic mass is 10.1. The Kier molecular flexibility index (Phi) is 6.11. The molecule has 2 amide bonds. The summed E-state index contributed by atoms with van der Waals surface area (Å²) in [5.41, 5.74) is 0. The topological polar surface area (TPSA) is 49.4 Å². The van der Waals surface area contributed by atoms with Crippen LogP contribution in [-0.4, -0.2) is 47.4 Å². The number of hydrogen-bond acceptors (Lipinski definition) is 3. The maximum atomic E-state index is 11.8. The Morgan fingerprint density at radius 1 is 1.47 bits per heavy atom. The Hall–Kier alpha value is -0.970. The molecule has 17 heavy (non-hydrogen) atoms. The van der Waals surface area contributed by atoms with Crippen LogP contribution in [0.4, 0.5) is 0 Å². The van der Waals surface area contributed by atoms with E-state index in [2.05, 4.69) is 11.9 Å². The van der Waals surface area contributed by atoms with Crippen LogP contribution in [0.25, 0.3) is 0 Å². The first kappa shape index (κ1) is 14.1. The van der Waals surface area contributed by atoms with Crippen molar-refractivity contribution in [2.75, 3.05) is 24.6 Å². The summed E-state index contributed by atoms with van der Waals surface area (Å²) < 4.78 is 0. The first-order chi connectivity index (χ1) is 8.17. The summed E-state index contributed by atoms with van der Waals surface area (Å²) in [6, 6.07) is 0.279. The lowest BCUT2D eigenvalue weighted by Crippen LogP contribution is -2.44. The van der Waals surface area contributed by atoms with Crippen LogP contribution in [0.1, 0.15) is 19.8 Å². The standard InChI is InChI=1S/C12H20N2O2S/c1-3-12(16)14(4-2)9-11(15)13-10-5-7-17-8-6-10/h3,10H,1,4-9H2,2H3,(H,13,15). The second-order valence-corrected chi connectivity index (χ2v) is 5.24. The van der Waals surface area contributed by atoms with Gasteiger partial charge in [0.05, 0.1) is 6.54 Å². The fraction of sp³-hybridized carbons (Fsp3) is 0.667. The van der Waals surface area contributed by atoms with Crippen LogP contribution in [0, 0.1) is 0 Å². The van der Waals surface area contributed by atoms with E-state index in [4.69, 9.17) is 0 Å². The second kappa shape index (κ2) is 7.37. The van der Waals surface area contributed by atoms with Gasteiger partial charge in [0.15, 0.2) is 0 Å². The summed E-state index contributed by atoms with van der Waals surface area (Å²) in [6.45, 7) is 5.94. The summed E-state index contributed by atoms with van der Waals surface area (Å²) in [7, 11) is 0. The van der Waals surface area contributed by atoms with Gasteiger partial charge in [0.2, 0.25) is 11.8 Å². The molecule has 0 atom stereocenters. The summed E-state index contributed by atoms with van der Waals surface area (Å²) >= 11 is 1.92. The number of nitrogens with one attached hydrogen (secondary N) is 1. The molecule has 0 saturated carbocycles. The maximum absolute atomic E-state index is 11.8. The molecule has 0 unspecified atom stereocenters. The highest BCUT2D eigenvalue weighted by atomic mass is 32.2. The van der Waals surface area contributed by atoms with Gasteiger partial charge in [-0.3, -0.25) is 9.59 Å². The Balaban J connectivity index is 2.36. The molecule has 5 heteroatoms. The first-order valence-corrected chi connectivity index (χ1v) is 7.11. The molecule has 0 bridgehead atoms. The van der Waals surface area contributed by atoms with Crippen molar-refractivity contribution in [3.05, 3.63) is 12.7 Å².